The molecule has 0 aliphatic rings. The summed E-state index contributed by atoms with van der Waals surface area (Å²) >= 11 is 0. The normalized spacial score (nSPS) is 11.4. The minimum Gasteiger partial charge on any atom is -0.455 e. The van der Waals surface area contributed by atoms with Gasteiger partial charge in [0, 0.05) is 56.0 Å². The lowest BCUT2D eigenvalue weighted by Gasteiger charge is -2.31. The van der Waals surface area contributed by atoms with Gasteiger partial charge < -0.3 is 14.2 Å². The Morgan fingerprint density at radius 2 is 0.764 bits per heavy atom. The molecule has 0 bridgehead atoms. The molecule has 0 aliphatic carbocycles. The number of hydrogen-bond donors (Lipinski definition) is 0. The van der Waals surface area contributed by atoms with Crippen LogP contribution in [0.5, 0.6) is 0 Å². The van der Waals surface area contributed by atoms with Gasteiger partial charge >= 0.3 is 0 Å². The van der Waals surface area contributed by atoms with Crippen molar-refractivity contribution in [3.05, 3.63) is 279 Å². The molecule has 0 N–H and O–H groups in total. The molecule has 340 valence electrons. The van der Waals surface area contributed by atoms with Crippen molar-refractivity contribution < 1.29 is 8.81 Å². The summed E-state index contributed by atoms with van der Waals surface area (Å²) in [7, 11) is 0. The van der Waals surface area contributed by atoms with Crippen molar-refractivity contribution in [3.8, 4) is 44.5 Å². The summed E-state index contributed by atoms with van der Waals surface area (Å²) < 4.78 is 25.0. The summed E-state index contributed by atoms with van der Waals surface area (Å²) in [5.74, 6) is -0.331. The van der Waals surface area contributed by atoms with Crippen molar-refractivity contribution in [1.29, 1.82) is 0 Å². The van der Waals surface area contributed by atoms with Crippen molar-refractivity contribution in [2.45, 2.75) is 0 Å². The first-order chi connectivity index (χ1) is 35.7. The number of furan rings is 1. The molecule has 0 fully saturated rings. The maximum Gasteiger partial charge on any atom is 0.148 e. The number of para-hydroxylation sites is 3. The van der Waals surface area contributed by atoms with E-state index in [1.807, 2.05) is 72.8 Å². The van der Waals surface area contributed by atoms with Crippen LogP contribution < -0.4 is 9.80 Å². The topological polar surface area (TPSA) is 19.6 Å². The van der Waals surface area contributed by atoms with E-state index in [0.29, 0.717) is 5.69 Å². The van der Waals surface area contributed by atoms with E-state index in [2.05, 4.69) is 204 Å². The summed E-state index contributed by atoms with van der Waals surface area (Å²) in [6.45, 7) is 0. The Bertz CT molecular complexity index is 4100. The number of hydrogen-bond acceptors (Lipinski definition) is 3. The fraction of sp³-hybridized carbons (Fsp3) is 0. The largest absolute Gasteiger partial charge is 0.455 e. The molecule has 1 heterocycles. The van der Waals surface area contributed by atoms with Gasteiger partial charge in [-0.05, 0) is 111 Å². The lowest BCUT2D eigenvalue weighted by atomic mass is 9.93. The molecule has 0 saturated heterocycles. The summed E-state index contributed by atoms with van der Waals surface area (Å²) in [5, 5.41) is 6.23. The van der Waals surface area contributed by atoms with Crippen LogP contribution in [-0.4, -0.2) is 0 Å². The van der Waals surface area contributed by atoms with E-state index in [9.17, 15) is 0 Å². The third-order valence-electron chi connectivity index (χ3n) is 13.9. The van der Waals surface area contributed by atoms with E-state index in [0.717, 1.165) is 116 Å². The molecule has 0 saturated carbocycles. The maximum absolute atomic E-state index is 17.9. The number of nitrogens with zero attached hydrogens (tertiary/aromatic N) is 2. The molecule has 3 nitrogen and oxygen atoms in total. The fourth-order valence-electron chi connectivity index (χ4n) is 10.6. The van der Waals surface area contributed by atoms with Crippen LogP contribution in [0.1, 0.15) is 0 Å². The van der Waals surface area contributed by atoms with E-state index in [1.165, 1.54) is 0 Å². The zero-order valence-electron chi connectivity index (χ0n) is 39.2. The van der Waals surface area contributed by atoms with Crippen molar-refractivity contribution in [2.24, 2.45) is 0 Å². The molecule has 13 rings (SSSR count). The minimum absolute atomic E-state index is 0.331. The van der Waals surface area contributed by atoms with Crippen LogP contribution in [0.2, 0.25) is 0 Å². The van der Waals surface area contributed by atoms with Crippen molar-refractivity contribution in [2.75, 3.05) is 9.80 Å². The SMILES string of the molecule is Fc1cc(-c2ccccc2)cc(-c2ccccc2)c1N(c1ccc2c(c1)c1ccccc1c1c3ccc(N(c4ccccc4)c4ccccc4-c4ccccc4)cc3oc21)c1ccccc1-c1ccccc1. The molecule has 1 aromatic heterocycles. The number of anilines is 6. The monoisotopic (exact) mass is 924 g/mol. The zero-order chi connectivity index (χ0) is 48.0. The Labute approximate surface area is 417 Å². The highest BCUT2D eigenvalue weighted by molar-refractivity contribution is 6.30. The van der Waals surface area contributed by atoms with Gasteiger partial charge in [0.25, 0.3) is 0 Å². The Balaban J connectivity index is 1.04. The first kappa shape index (κ1) is 42.6. The van der Waals surface area contributed by atoms with E-state index in [1.54, 1.807) is 6.07 Å². The van der Waals surface area contributed by atoms with Gasteiger partial charge in [-0.15, -0.1) is 0 Å². The predicted octanol–water partition coefficient (Wildman–Crippen LogP) is 19.6. The molecule has 72 heavy (non-hydrogen) atoms. The average Bonchev–Trinajstić information content (AvgIpc) is 3.84. The Morgan fingerprint density at radius 1 is 0.292 bits per heavy atom. The Hall–Kier alpha value is -9.51. The first-order valence-corrected chi connectivity index (χ1v) is 24.4. The molecule has 13 aromatic rings. The van der Waals surface area contributed by atoms with Crippen molar-refractivity contribution in [3.63, 3.8) is 0 Å². The number of benzene rings is 12. The molecule has 12 aromatic carbocycles. The van der Waals surface area contributed by atoms with Gasteiger partial charge in [0.1, 0.15) is 17.0 Å². The predicted molar refractivity (Wildman–Crippen MR) is 300 cm³/mol. The first-order valence-electron chi connectivity index (χ1n) is 24.4. The second kappa shape index (κ2) is 18.1. The number of fused-ring (bicyclic) bond motifs is 8. The summed E-state index contributed by atoms with van der Waals surface area (Å²) in [5.41, 5.74) is 14.5. The van der Waals surface area contributed by atoms with Crippen LogP contribution in [0.25, 0.3) is 88.0 Å². The standard InChI is InChI=1S/C68H45FN2O/c69-62-43-50(46-22-6-1-7-23-46)42-60(49-28-12-4-13-29-49)67(62)71(64-37-21-19-33-55(64)48-26-10-3-11-27-48)52-38-40-58-61(44-52)56-34-16-17-35-57(56)66-59-41-39-53(45-65(59)72-68(58)66)70(51-30-14-5-15-31-51)63-36-20-18-32-54(63)47-24-8-2-9-25-47/h1-45H. The fourth-order valence-corrected chi connectivity index (χ4v) is 10.6. The van der Waals surface area contributed by atoms with E-state index >= 15 is 4.39 Å². The summed E-state index contributed by atoms with van der Waals surface area (Å²) in [6.07, 6.45) is 0. The molecule has 0 atom stereocenters. The van der Waals surface area contributed by atoms with Gasteiger partial charge in [0.2, 0.25) is 0 Å². The molecule has 0 amide bonds. The van der Waals surface area contributed by atoms with Crippen molar-refractivity contribution >= 4 is 77.6 Å². The molecule has 0 unspecified atom stereocenters. The third kappa shape index (κ3) is 7.45. The van der Waals surface area contributed by atoms with Gasteiger partial charge in [0.15, 0.2) is 0 Å². The van der Waals surface area contributed by atoms with Gasteiger partial charge in [-0.2, -0.15) is 0 Å². The van der Waals surface area contributed by atoms with Crippen LogP contribution in [0, 0.1) is 5.82 Å². The van der Waals surface area contributed by atoms with Gasteiger partial charge in [-0.3, -0.25) is 0 Å². The van der Waals surface area contributed by atoms with Crippen LogP contribution in [0.3, 0.4) is 0 Å². The average molecular weight is 925 g/mol. The molecule has 0 spiro atoms. The van der Waals surface area contributed by atoms with E-state index in [4.69, 9.17) is 4.42 Å². The number of halogens is 1. The highest BCUT2D eigenvalue weighted by Gasteiger charge is 2.27. The van der Waals surface area contributed by atoms with Crippen LogP contribution in [0.4, 0.5) is 38.5 Å². The minimum atomic E-state index is -0.331. The van der Waals surface area contributed by atoms with E-state index < -0.39 is 0 Å². The quantitative estimate of drug-likeness (QED) is 0.127. The van der Waals surface area contributed by atoms with Crippen LogP contribution >= 0.6 is 0 Å². The number of rotatable bonds is 10. The van der Waals surface area contributed by atoms with E-state index in [-0.39, 0.29) is 5.82 Å². The summed E-state index contributed by atoms with van der Waals surface area (Å²) in [6, 6.07) is 94.0. The third-order valence-corrected chi connectivity index (χ3v) is 13.9. The molecule has 4 heteroatoms. The molecule has 0 aliphatic heterocycles. The van der Waals surface area contributed by atoms with Gasteiger partial charge in [0.05, 0.1) is 17.1 Å². The summed E-state index contributed by atoms with van der Waals surface area (Å²) in [4.78, 5) is 4.43. The van der Waals surface area contributed by atoms with Crippen molar-refractivity contribution in [1.82, 2.24) is 0 Å². The highest BCUT2D eigenvalue weighted by atomic mass is 19.1. The molecular weight excluding hydrogens is 880 g/mol. The van der Waals surface area contributed by atoms with Gasteiger partial charge in [-0.1, -0.05) is 200 Å². The second-order valence-electron chi connectivity index (χ2n) is 18.1. The molecule has 0 radical (unpaired) electrons. The zero-order valence-corrected chi connectivity index (χ0v) is 39.2. The Kier molecular flexibility index (Phi) is 10.7. The smallest absolute Gasteiger partial charge is 0.148 e. The highest BCUT2D eigenvalue weighted by Crippen LogP contribution is 2.50. The Morgan fingerprint density at radius 3 is 1.38 bits per heavy atom. The van der Waals surface area contributed by atoms with Gasteiger partial charge in [-0.25, -0.2) is 4.39 Å². The second-order valence-corrected chi connectivity index (χ2v) is 18.1. The lowest BCUT2D eigenvalue weighted by Crippen LogP contribution is -2.14. The molecular formula is C68H45FN2O. The lowest BCUT2D eigenvalue weighted by molar-refractivity contribution is 0.630. The van der Waals surface area contributed by atoms with Crippen LogP contribution in [-0.2, 0) is 0 Å². The van der Waals surface area contributed by atoms with Crippen LogP contribution in [0.15, 0.2) is 277 Å². The maximum atomic E-state index is 17.9.